The third-order valence-corrected chi connectivity index (χ3v) is 7.45. The zero-order valence-corrected chi connectivity index (χ0v) is 22.9. The van der Waals surface area contributed by atoms with E-state index in [2.05, 4.69) is 70.7 Å². The molecule has 41 heavy (non-hydrogen) atoms. The van der Waals surface area contributed by atoms with Crippen molar-refractivity contribution in [3.8, 4) is 17.4 Å². The second kappa shape index (κ2) is 10.1. The highest BCUT2D eigenvalue weighted by Crippen LogP contribution is 2.50. The molecule has 0 radical (unpaired) electrons. The molecule has 8 heteroatoms. The van der Waals surface area contributed by atoms with Crippen LogP contribution in [0.4, 0.5) is 0 Å². The smallest absolute Gasteiger partial charge is 0.228 e. The minimum Gasteiger partial charge on any atom is -0.497 e. The standard InChI is InChI=1S/C33H27N5O3/c1-20-8-10-22(11-9-20)21(2)37-40-18-28-35-32-30-29(24-12-15-25(39-3)16-13-24)27-17-14-23-6-4-5-7-26(23)31(27)41-33(30)34-19-38(32)36-28/h4-17,19,29H,18H2,1-3H3/b37-21+. The molecule has 0 aliphatic carbocycles. The van der Waals surface area contributed by atoms with Gasteiger partial charge in [0, 0.05) is 16.9 Å². The van der Waals surface area contributed by atoms with Crippen molar-refractivity contribution in [1.82, 2.24) is 19.6 Å². The van der Waals surface area contributed by atoms with Gasteiger partial charge in [0.15, 0.2) is 18.1 Å². The second-order valence-electron chi connectivity index (χ2n) is 10.1. The second-order valence-corrected chi connectivity index (χ2v) is 10.1. The van der Waals surface area contributed by atoms with E-state index in [1.807, 2.05) is 43.3 Å². The molecular formula is C33H27N5O3. The Kier molecular flexibility index (Phi) is 6.08. The van der Waals surface area contributed by atoms with Gasteiger partial charge in [0.1, 0.15) is 17.8 Å². The average Bonchev–Trinajstić information content (AvgIpc) is 3.43. The third-order valence-electron chi connectivity index (χ3n) is 7.45. The van der Waals surface area contributed by atoms with Gasteiger partial charge in [-0.05, 0) is 42.5 Å². The highest BCUT2D eigenvalue weighted by Gasteiger charge is 2.34. The SMILES string of the molecule is COc1ccc(C2c3ccc4ccccc4c3Oc3ncn4nc(CO/N=C(\C)c5ccc(C)cc5)nc4c32)cc1. The minimum absolute atomic E-state index is 0.120. The van der Waals surface area contributed by atoms with Crippen LogP contribution in [0.5, 0.6) is 17.4 Å². The van der Waals surface area contributed by atoms with Crippen LogP contribution in [-0.4, -0.2) is 32.4 Å². The molecule has 1 aliphatic rings. The van der Waals surface area contributed by atoms with Crippen molar-refractivity contribution in [2.45, 2.75) is 26.4 Å². The molecule has 0 saturated carbocycles. The molecule has 8 nitrogen and oxygen atoms in total. The summed E-state index contributed by atoms with van der Waals surface area (Å²) in [7, 11) is 1.67. The van der Waals surface area contributed by atoms with E-state index in [1.54, 1.807) is 18.0 Å². The fourth-order valence-electron chi connectivity index (χ4n) is 5.33. The van der Waals surface area contributed by atoms with Gasteiger partial charge in [0.2, 0.25) is 5.88 Å². The van der Waals surface area contributed by atoms with Crippen molar-refractivity contribution in [2.24, 2.45) is 5.16 Å². The van der Waals surface area contributed by atoms with E-state index >= 15 is 0 Å². The van der Waals surface area contributed by atoms with Crippen LogP contribution >= 0.6 is 0 Å². The molecule has 0 fully saturated rings. The summed E-state index contributed by atoms with van der Waals surface area (Å²) in [5.74, 6) is 2.42. The van der Waals surface area contributed by atoms with Gasteiger partial charge >= 0.3 is 0 Å². The van der Waals surface area contributed by atoms with Crippen LogP contribution in [0.3, 0.4) is 0 Å². The summed E-state index contributed by atoms with van der Waals surface area (Å²) in [6, 6.07) is 28.7. The highest BCUT2D eigenvalue weighted by atomic mass is 16.6. The van der Waals surface area contributed by atoms with Crippen LogP contribution < -0.4 is 9.47 Å². The first kappa shape index (κ1) is 24.8. The van der Waals surface area contributed by atoms with Crippen LogP contribution in [-0.2, 0) is 11.4 Å². The lowest BCUT2D eigenvalue weighted by molar-refractivity contribution is 0.125. The molecule has 0 amide bonds. The number of fused-ring (bicyclic) bond motifs is 6. The van der Waals surface area contributed by atoms with Crippen molar-refractivity contribution in [2.75, 3.05) is 7.11 Å². The lowest BCUT2D eigenvalue weighted by Gasteiger charge is -2.28. The number of hydrogen-bond donors (Lipinski definition) is 0. The molecule has 4 aromatic carbocycles. The van der Waals surface area contributed by atoms with Gasteiger partial charge in [-0.2, -0.15) is 0 Å². The van der Waals surface area contributed by atoms with Gasteiger partial charge in [0.25, 0.3) is 0 Å². The van der Waals surface area contributed by atoms with E-state index in [0.29, 0.717) is 17.4 Å². The van der Waals surface area contributed by atoms with Crippen LogP contribution in [0, 0.1) is 6.92 Å². The number of methoxy groups -OCH3 is 1. The summed E-state index contributed by atoms with van der Waals surface area (Å²) in [5, 5.41) is 11.1. The van der Waals surface area contributed by atoms with E-state index < -0.39 is 0 Å². The Labute approximate surface area is 236 Å². The van der Waals surface area contributed by atoms with Crippen molar-refractivity contribution >= 4 is 22.1 Å². The largest absolute Gasteiger partial charge is 0.497 e. The first-order chi connectivity index (χ1) is 20.1. The topological polar surface area (TPSA) is 83.1 Å². The molecule has 7 rings (SSSR count). The number of nitrogens with zero attached hydrogens (tertiary/aromatic N) is 5. The zero-order chi connectivity index (χ0) is 27.9. The monoisotopic (exact) mass is 541 g/mol. The first-order valence-electron chi connectivity index (χ1n) is 13.4. The van der Waals surface area contributed by atoms with Crippen LogP contribution in [0.25, 0.3) is 16.4 Å². The fourth-order valence-corrected chi connectivity index (χ4v) is 5.33. The molecule has 0 N–H and O–H groups in total. The van der Waals surface area contributed by atoms with Crippen molar-refractivity contribution in [3.05, 3.63) is 125 Å². The summed E-state index contributed by atoms with van der Waals surface area (Å²) in [5.41, 5.74) is 6.59. The predicted molar refractivity (Wildman–Crippen MR) is 157 cm³/mol. The lowest BCUT2D eigenvalue weighted by Crippen LogP contribution is -2.15. The lowest BCUT2D eigenvalue weighted by atomic mass is 9.83. The van der Waals surface area contributed by atoms with Crippen molar-refractivity contribution in [3.63, 3.8) is 0 Å². The normalized spacial score (nSPS) is 14.4. The average molecular weight is 542 g/mol. The van der Waals surface area contributed by atoms with Crippen LogP contribution in [0.2, 0.25) is 0 Å². The number of hydrogen-bond acceptors (Lipinski definition) is 7. The third kappa shape index (κ3) is 4.43. The Bertz CT molecular complexity index is 1930. The number of aromatic nitrogens is 4. The van der Waals surface area contributed by atoms with Crippen LogP contribution in [0.1, 0.15) is 46.5 Å². The Morgan fingerprint density at radius 3 is 2.59 bits per heavy atom. The zero-order valence-electron chi connectivity index (χ0n) is 22.9. The Hall–Kier alpha value is -5.24. The molecule has 6 aromatic rings. The first-order valence-corrected chi connectivity index (χ1v) is 13.4. The van der Waals surface area contributed by atoms with Gasteiger partial charge in [-0.3, -0.25) is 0 Å². The van der Waals surface area contributed by atoms with E-state index in [9.17, 15) is 0 Å². The number of oxime groups is 1. The molecular weight excluding hydrogens is 514 g/mol. The van der Waals surface area contributed by atoms with E-state index in [-0.39, 0.29) is 12.5 Å². The van der Waals surface area contributed by atoms with E-state index in [0.717, 1.165) is 50.2 Å². The molecule has 0 saturated heterocycles. The van der Waals surface area contributed by atoms with E-state index in [4.69, 9.17) is 19.3 Å². The Morgan fingerprint density at radius 2 is 1.78 bits per heavy atom. The predicted octanol–water partition coefficient (Wildman–Crippen LogP) is 6.82. The number of benzene rings is 4. The van der Waals surface area contributed by atoms with Gasteiger partial charge in [-0.25, -0.2) is 14.5 Å². The molecule has 3 heterocycles. The fraction of sp³-hybridized carbons (Fsp3) is 0.152. The molecule has 1 unspecified atom stereocenters. The molecule has 2 aromatic heterocycles. The summed E-state index contributed by atoms with van der Waals surface area (Å²) in [4.78, 5) is 15.2. The quantitative estimate of drug-likeness (QED) is 0.170. The summed E-state index contributed by atoms with van der Waals surface area (Å²) in [6.07, 6.45) is 1.63. The van der Waals surface area contributed by atoms with E-state index in [1.165, 1.54) is 5.56 Å². The summed E-state index contributed by atoms with van der Waals surface area (Å²) < 4.78 is 13.6. The van der Waals surface area contributed by atoms with Crippen LogP contribution in [0.15, 0.2) is 96.4 Å². The number of ether oxygens (including phenoxy) is 2. The maximum atomic E-state index is 6.50. The summed E-state index contributed by atoms with van der Waals surface area (Å²) in [6.45, 7) is 4.09. The highest BCUT2D eigenvalue weighted by molar-refractivity contribution is 5.98. The van der Waals surface area contributed by atoms with Gasteiger partial charge in [0.05, 0.1) is 18.4 Å². The Morgan fingerprint density at radius 1 is 0.976 bits per heavy atom. The maximum Gasteiger partial charge on any atom is 0.228 e. The number of rotatable bonds is 6. The molecule has 1 aliphatic heterocycles. The minimum atomic E-state index is -0.180. The molecule has 1 atom stereocenters. The molecule has 0 spiro atoms. The number of aryl methyl sites for hydroxylation is 1. The van der Waals surface area contributed by atoms with Gasteiger partial charge < -0.3 is 14.3 Å². The van der Waals surface area contributed by atoms with Crippen molar-refractivity contribution < 1.29 is 14.3 Å². The molecule has 202 valence electrons. The molecule has 0 bridgehead atoms. The van der Waals surface area contributed by atoms with Gasteiger partial charge in [-0.15, -0.1) is 5.10 Å². The van der Waals surface area contributed by atoms with Gasteiger partial charge in [-0.1, -0.05) is 83.5 Å². The Balaban J connectivity index is 1.29. The maximum absolute atomic E-state index is 6.50. The summed E-state index contributed by atoms with van der Waals surface area (Å²) >= 11 is 0. The van der Waals surface area contributed by atoms with Crippen molar-refractivity contribution in [1.29, 1.82) is 0 Å².